The Bertz CT molecular complexity index is 1190. The predicted octanol–water partition coefficient (Wildman–Crippen LogP) is 3.09. The van der Waals surface area contributed by atoms with Crippen LogP contribution in [0.3, 0.4) is 0 Å². The minimum atomic E-state index is 0.0344. The van der Waals surface area contributed by atoms with E-state index in [4.69, 9.17) is 27.3 Å². The van der Waals surface area contributed by atoms with E-state index < -0.39 is 0 Å². The summed E-state index contributed by atoms with van der Waals surface area (Å²) in [5.74, 6) is 0.913. The molecule has 4 aromatic rings. The molecule has 0 atom stereocenters. The van der Waals surface area contributed by atoms with Gasteiger partial charge < -0.3 is 16.0 Å². The first kappa shape index (κ1) is 19.1. The summed E-state index contributed by atoms with van der Waals surface area (Å²) < 4.78 is 2.02. The topological polar surface area (TPSA) is 130 Å². The summed E-state index contributed by atoms with van der Waals surface area (Å²) in [5.41, 5.74) is 16.1. The summed E-state index contributed by atoms with van der Waals surface area (Å²) in [6.45, 7) is 0. The van der Waals surface area contributed by atoms with E-state index in [1.54, 1.807) is 6.20 Å². The first-order valence-corrected chi connectivity index (χ1v) is 9.39. The monoisotopic (exact) mass is 395 g/mol. The third kappa shape index (κ3) is 3.95. The minimum Gasteiger partial charge on any atom is -0.384 e. The number of hydrogen-bond acceptors (Lipinski definition) is 4. The highest BCUT2D eigenvalue weighted by molar-refractivity contribution is 5.95. The number of imidazole rings is 1. The van der Waals surface area contributed by atoms with E-state index >= 15 is 0 Å². The summed E-state index contributed by atoms with van der Waals surface area (Å²) >= 11 is 0. The molecular formula is C23H21N7. The summed E-state index contributed by atoms with van der Waals surface area (Å²) in [7, 11) is 0. The van der Waals surface area contributed by atoms with Gasteiger partial charge in [0, 0.05) is 46.9 Å². The lowest BCUT2D eigenvalue weighted by Gasteiger charge is -2.08. The van der Waals surface area contributed by atoms with Crippen LogP contribution in [0.1, 0.15) is 22.6 Å². The molecule has 0 bridgehead atoms. The van der Waals surface area contributed by atoms with Crippen molar-refractivity contribution in [3.05, 3.63) is 102 Å². The van der Waals surface area contributed by atoms with E-state index in [9.17, 15) is 0 Å². The SMILES string of the molecule is N=C(N)c1ccc(-c2cn(-c3ccc(C(=N)N)cc3)c(Cc3ccccn3)n2)cc1. The minimum absolute atomic E-state index is 0.0344. The average molecular weight is 395 g/mol. The molecule has 30 heavy (non-hydrogen) atoms. The zero-order chi connectivity index (χ0) is 21.1. The number of nitrogens with two attached hydrogens (primary N) is 2. The van der Waals surface area contributed by atoms with Crippen LogP contribution in [-0.2, 0) is 6.42 Å². The average Bonchev–Trinajstić information content (AvgIpc) is 3.18. The van der Waals surface area contributed by atoms with Crippen molar-refractivity contribution in [2.45, 2.75) is 6.42 Å². The van der Waals surface area contributed by atoms with Gasteiger partial charge in [0.2, 0.25) is 0 Å². The van der Waals surface area contributed by atoms with Crippen LogP contribution >= 0.6 is 0 Å². The number of pyridine rings is 1. The number of rotatable bonds is 6. The van der Waals surface area contributed by atoms with Crippen molar-refractivity contribution in [3.63, 3.8) is 0 Å². The number of nitrogens with zero attached hydrogens (tertiary/aromatic N) is 3. The number of nitrogens with one attached hydrogen (secondary N) is 2. The number of amidine groups is 2. The second-order valence-corrected chi connectivity index (χ2v) is 6.86. The zero-order valence-corrected chi connectivity index (χ0v) is 16.2. The van der Waals surface area contributed by atoms with Crippen molar-refractivity contribution in [2.24, 2.45) is 11.5 Å². The molecule has 0 saturated heterocycles. The van der Waals surface area contributed by atoms with Crippen molar-refractivity contribution in [3.8, 4) is 16.9 Å². The normalized spacial score (nSPS) is 10.7. The van der Waals surface area contributed by atoms with Gasteiger partial charge in [-0.15, -0.1) is 0 Å². The molecule has 0 spiro atoms. The summed E-state index contributed by atoms with van der Waals surface area (Å²) in [5, 5.41) is 15.2. The summed E-state index contributed by atoms with van der Waals surface area (Å²) in [4.78, 5) is 9.28. The Hall–Kier alpha value is -4.26. The van der Waals surface area contributed by atoms with Gasteiger partial charge >= 0.3 is 0 Å². The van der Waals surface area contributed by atoms with Crippen LogP contribution in [0, 0.1) is 10.8 Å². The third-order valence-electron chi connectivity index (χ3n) is 4.79. The molecule has 0 unspecified atom stereocenters. The molecule has 2 aromatic heterocycles. The van der Waals surface area contributed by atoms with Crippen LogP contribution in [0.25, 0.3) is 16.9 Å². The van der Waals surface area contributed by atoms with E-state index in [1.165, 1.54) is 0 Å². The Morgan fingerprint density at radius 3 is 2.03 bits per heavy atom. The molecule has 0 aliphatic rings. The first-order valence-electron chi connectivity index (χ1n) is 9.39. The lowest BCUT2D eigenvalue weighted by atomic mass is 10.1. The molecule has 2 heterocycles. The van der Waals surface area contributed by atoms with Crippen molar-refractivity contribution in [1.82, 2.24) is 14.5 Å². The van der Waals surface area contributed by atoms with E-state index in [2.05, 4.69) is 4.98 Å². The van der Waals surface area contributed by atoms with Crippen molar-refractivity contribution in [1.29, 1.82) is 10.8 Å². The van der Waals surface area contributed by atoms with Gasteiger partial charge in [-0.25, -0.2) is 4.98 Å². The molecule has 148 valence electrons. The number of aromatic nitrogens is 3. The third-order valence-corrected chi connectivity index (χ3v) is 4.79. The highest BCUT2D eigenvalue weighted by Crippen LogP contribution is 2.24. The van der Waals surface area contributed by atoms with Gasteiger partial charge in [0.25, 0.3) is 0 Å². The van der Waals surface area contributed by atoms with Crippen LogP contribution < -0.4 is 11.5 Å². The van der Waals surface area contributed by atoms with Crippen molar-refractivity contribution in [2.75, 3.05) is 0 Å². The van der Waals surface area contributed by atoms with Crippen molar-refractivity contribution < 1.29 is 0 Å². The molecule has 2 aromatic carbocycles. The maximum absolute atomic E-state index is 7.59. The standard InChI is InChI=1S/C23H21N7/c24-22(25)16-6-4-15(5-7-16)20-14-30(19-10-8-17(9-11-19)23(26)27)21(29-20)13-18-3-1-2-12-28-18/h1-12,14H,13H2,(H3,24,25)(H3,26,27). The van der Waals surface area contributed by atoms with Gasteiger partial charge in [0.1, 0.15) is 17.5 Å². The molecule has 4 rings (SSSR count). The van der Waals surface area contributed by atoms with Crippen LogP contribution in [0.4, 0.5) is 0 Å². The van der Waals surface area contributed by atoms with Gasteiger partial charge in [-0.05, 0) is 36.4 Å². The van der Waals surface area contributed by atoms with E-state index in [0.717, 1.165) is 28.5 Å². The molecule has 0 radical (unpaired) electrons. The molecule has 0 aliphatic carbocycles. The molecule has 6 N–H and O–H groups in total. The first-order chi connectivity index (χ1) is 14.5. The van der Waals surface area contributed by atoms with Gasteiger partial charge in [-0.2, -0.15) is 0 Å². The van der Waals surface area contributed by atoms with Crippen LogP contribution in [0.15, 0.2) is 79.1 Å². The molecule has 0 amide bonds. The van der Waals surface area contributed by atoms with E-state index in [0.29, 0.717) is 17.5 Å². The van der Waals surface area contributed by atoms with E-state index in [-0.39, 0.29) is 11.7 Å². The molecule has 7 nitrogen and oxygen atoms in total. The summed E-state index contributed by atoms with van der Waals surface area (Å²) in [6.07, 6.45) is 4.32. The maximum atomic E-state index is 7.59. The van der Waals surface area contributed by atoms with Crippen LogP contribution in [0.2, 0.25) is 0 Å². The molecular weight excluding hydrogens is 374 g/mol. The second kappa shape index (κ2) is 8.00. The fraction of sp³-hybridized carbons (Fsp3) is 0.0435. The Labute approximate surface area is 174 Å². The largest absolute Gasteiger partial charge is 0.384 e. The maximum Gasteiger partial charge on any atom is 0.122 e. The lowest BCUT2D eigenvalue weighted by Crippen LogP contribution is -2.11. The molecule has 0 fully saturated rings. The number of hydrogen-bond donors (Lipinski definition) is 4. The smallest absolute Gasteiger partial charge is 0.122 e. The number of benzene rings is 2. The zero-order valence-electron chi connectivity index (χ0n) is 16.2. The van der Waals surface area contributed by atoms with Gasteiger partial charge in [-0.1, -0.05) is 30.3 Å². The van der Waals surface area contributed by atoms with Crippen molar-refractivity contribution >= 4 is 11.7 Å². The Morgan fingerprint density at radius 1 is 0.833 bits per heavy atom. The van der Waals surface area contributed by atoms with Crippen LogP contribution in [0.5, 0.6) is 0 Å². The molecule has 0 aliphatic heterocycles. The summed E-state index contributed by atoms with van der Waals surface area (Å²) in [6, 6.07) is 20.8. The fourth-order valence-electron chi connectivity index (χ4n) is 3.19. The van der Waals surface area contributed by atoms with Crippen LogP contribution in [-0.4, -0.2) is 26.2 Å². The predicted molar refractivity (Wildman–Crippen MR) is 118 cm³/mol. The Balaban J connectivity index is 1.76. The van der Waals surface area contributed by atoms with E-state index in [1.807, 2.05) is 77.5 Å². The number of nitrogen functional groups attached to an aromatic ring is 2. The molecule has 7 heteroatoms. The van der Waals surface area contributed by atoms with Gasteiger partial charge in [0.15, 0.2) is 0 Å². The lowest BCUT2D eigenvalue weighted by molar-refractivity contribution is 0.892. The quantitative estimate of drug-likeness (QED) is 0.295. The highest BCUT2D eigenvalue weighted by Gasteiger charge is 2.13. The molecule has 0 saturated carbocycles. The van der Waals surface area contributed by atoms with Gasteiger partial charge in [0.05, 0.1) is 5.69 Å². The Morgan fingerprint density at radius 2 is 1.47 bits per heavy atom. The highest BCUT2D eigenvalue weighted by atomic mass is 15.1. The Kier molecular flexibility index (Phi) is 5.09. The second-order valence-electron chi connectivity index (χ2n) is 6.86. The van der Waals surface area contributed by atoms with Gasteiger partial charge in [-0.3, -0.25) is 15.8 Å². The fourth-order valence-corrected chi connectivity index (χ4v) is 3.19.